The van der Waals surface area contributed by atoms with Gasteiger partial charge in [0, 0.05) is 0 Å². The maximum absolute atomic E-state index is 6.44. The van der Waals surface area contributed by atoms with E-state index in [0.29, 0.717) is 0 Å². The van der Waals surface area contributed by atoms with Crippen LogP contribution in [-0.4, -0.2) is 0 Å². The van der Waals surface area contributed by atoms with Crippen molar-refractivity contribution in [3.63, 3.8) is 0 Å². The molecule has 1 aromatic heterocycles. The average Bonchev–Trinajstić information content (AvgIpc) is 2.85. The number of alkyl halides is 1. The predicted molar refractivity (Wildman–Crippen MR) is 79.7 cm³/mol. The first-order valence-electron chi connectivity index (χ1n) is 6.40. The van der Waals surface area contributed by atoms with Gasteiger partial charge in [0.25, 0.3) is 0 Å². The van der Waals surface area contributed by atoms with Gasteiger partial charge in [-0.25, -0.2) is 0 Å². The lowest BCUT2D eigenvalue weighted by atomic mass is 10.0. The molecular formula is C17H15ClO. The van der Waals surface area contributed by atoms with Crippen LogP contribution in [0.1, 0.15) is 22.3 Å². The summed E-state index contributed by atoms with van der Waals surface area (Å²) in [5.74, 6) is 0.870. The van der Waals surface area contributed by atoms with Crippen LogP contribution in [0.25, 0.3) is 10.8 Å². The third-order valence-electron chi connectivity index (χ3n) is 3.41. The van der Waals surface area contributed by atoms with Crippen LogP contribution in [0.5, 0.6) is 0 Å². The molecule has 0 bridgehead atoms. The number of aryl methyl sites for hydroxylation is 1. The van der Waals surface area contributed by atoms with Gasteiger partial charge in [-0.15, -0.1) is 11.6 Å². The molecule has 1 atom stereocenters. The molecule has 0 N–H and O–H groups in total. The summed E-state index contributed by atoms with van der Waals surface area (Å²) in [7, 11) is 0. The van der Waals surface area contributed by atoms with Crippen molar-refractivity contribution in [2.45, 2.75) is 18.7 Å². The van der Waals surface area contributed by atoms with E-state index in [1.807, 2.05) is 13.0 Å². The molecule has 1 nitrogen and oxygen atoms in total. The van der Waals surface area contributed by atoms with Crippen LogP contribution in [0.4, 0.5) is 0 Å². The van der Waals surface area contributed by atoms with Crippen molar-refractivity contribution < 1.29 is 4.42 Å². The highest BCUT2D eigenvalue weighted by molar-refractivity contribution is 6.20. The summed E-state index contributed by atoms with van der Waals surface area (Å²) in [4.78, 5) is 0. The fourth-order valence-corrected chi connectivity index (χ4v) is 2.77. The van der Waals surface area contributed by atoms with Crippen molar-refractivity contribution >= 4 is 22.4 Å². The lowest BCUT2D eigenvalue weighted by molar-refractivity contribution is 0.499. The minimum absolute atomic E-state index is 0.115. The molecule has 0 saturated carbocycles. The van der Waals surface area contributed by atoms with Gasteiger partial charge in [0.1, 0.15) is 5.76 Å². The Kier molecular flexibility index (Phi) is 3.31. The summed E-state index contributed by atoms with van der Waals surface area (Å²) < 4.78 is 5.45. The van der Waals surface area contributed by atoms with E-state index >= 15 is 0 Å². The lowest BCUT2D eigenvalue weighted by Gasteiger charge is -2.09. The van der Waals surface area contributed by atoms with Crippen molar-refractivity contribution in [1.82, 2.24) is 0 Å². The zero-order chi connectivity index (χ0) is 13.2. The normalized spacial score (nSPS) is 12.7. The highest BCUT2D eigenvalue weighted by Gasteiger charge is 2.14. The van der Waals surface area contributed by atoms with Crippen LogP contribution >= 0.6 is 11.6 Å². The van der Waals surface area contributed by atoms with Crippen LogP contribution in [0.3, 0.4) is 0 Å². The van der Waals surface area contributed by atoms with Gasteiger partial charge in [-0.3, -0.25) is 0 Å². The molecule has 0 spiro atoms. The smallest absolute Gasteiger partial charge is 0.124 e. The second-order valence-corrected chi connectivity index (χ2v) is 5.35. The number of halogens is 1. The molecule has 0 aliphatic rings. The molecule has 0 aliphatic heterocycles. The van der Waals surface area contributed by atoms with Crippen LogP contribution < -0.4 is 0 Å². The van der Waals surface area contributed by atoms with Gasteiger partial charge in [0.05, 0.1) is 11.6 Å². The average molecular weight is 271 g/mol. The standard InChI is InChI=1S/C17H15ClO/c1-12-8-9-19-17(12)16(18)11-13-6-7-14-4-2-3-5-15(14)10-13/h2-10,16H,11H2,1H3. The molecule has 0 amide bonds. The van der Waals surface area contributed by atoms with Gasteiger partial charge >= 0.3 is 0 Å². The fourth-order valence-electron chi connectivity index (χ4n) is 2.37. The highest BCUT2D eigenvalue weighted by Crippen LogP contribution is 2.29. The van der Waals surface area contributed by atoms with Crippen LogP contribution in [0.2, 0.25) is 0 Å². The molecule has 1 heterocycles. The number of fused-ring (bicyclic) bond motifs is 1. The number of hydrogen-bond acceptors (Lipinski definition) is 1. The molecule has 0 radical (unpaired) electrons. The zero-order valence-corrected chi connectivity index (χ0v) is 11.5. The van der Waals surface area contributed by atoms with Gasteiger partial charge in [-0.1, -0.05) is 42.5 Å². The highest BCUT2D eigenvalue weighted by atomic mass is 35.5. The van der Waals surface area contributed by atoms with Gasteiger partial charge in [0.15, 0.2) is 0 Å². The molecule has 2 heteroatoms. The molecule has 96 valence electrons. The summed E-state index contributed by atoms with van der Waals surface area (Å²) in [5, 5.41) is 2.39. The fraction of sp³-hybridized carbons (Fsp3) is 0.176. The molecule has 3 rings (SSSR count). The number of furan rings is 1. The maximum Gasteiger partial charge on any atom is 0.124 e. The Balaban J connectivity index is 1.87. The number of benzene rings is 2. The first-order valence-corrected chi connectivity index (χ1v) is 6.83. The van der Waals surface area contributed by atoms with Gasteiger partial charge in [-0.2, -0.15) is 0 Å². The van der Waals surface area contributed by atoms with Crippen molar-refractivity contribution in [3.8, 4) is 0 Å². The van der Waals surface area contributed by atoms with Gasteiger partial charge in [0.2, 0.25) is 0 Å². The predicted octanol–water partition coefficient (Wildman–Crippen LogP) is 5.26. The summed E-state index contributed by atoms with van der Waals surface area (Å²) >= 11 is 6.44. The van der Waals surface area contributed by atoms with E-state index in [0.717, 1.165) is 17.7 Å². The first-order chi connectivity index (χ1) is 9.24. The summed E-state index contributed by atoms with van der Waals surface area (Å²) in [5.41, 5.74) is 2.34. The monoisotopic (exact) mass is 270 g/mol. The topological polar surface area (TPSA) is 13.1 Å². The largest absolute Gasteiger partial charge is 0.467 e. The second kappa shape index (κ2) is 5.10. The van der Waals surface area contributed by atoms with E-state index in [1.54, 1.807) is 6.26 Å². The van der Waals surface area contributed by atoms with E-state index in [2.05, 4.69) is 42.5 Å². The summed E-state index contributed by atoms with van der Waals surface area (Å²) in [6.45, 7) is 2.02. The third-order valence-corrected chi connectivity index (χ3v) is 3.77. The summed E-state index contributed by atoms with van der Waals surface area (Å²) in [6, 6.07) is 16.8. The van der Waals surface area contributed by atoms with Crippen LogP contribution in [0, 0.1) is 6.92 Å². The van der Waals surface area contributed by atoms with Crippen molar-refractivity contribution in [2.24, 2.45) is 0 Å². The van der Waals surface area contributed by atoms with Crippen molar-refractivity contribution in [1.29, 1.82) is 0 Å². The molecule has 19 heavy (non-hydrogen) atoms. The maximum atomic E-state index is 6.44. The second-order valence-electron chi connectivity index (χ2n) is 4.82. The molecule has 3 aromatic rings. The van der Waals surface area contributed by atoms with E-state index in [4.69, 9.17) is 16.0 Å². The first kappa shape index (κ1) is 12.3. The van der Waals surface area contributed by atoms with Crippen LogP contribution in [0.15, 0.2) is 59.2 Å². The van der Waals surface area contributed by atoms with E-state index in [9.17, 15) is 0 Å². The molecule has 1 unspecified atom stereocenters. The minimum Gasteiger partial charge on any atom is -0.467 e. The quantitative estimate of drug-likeness (QED) is 0.592. The number of hydrogen-bond donors (Lipinski definition) is 0. The third kappa shape index (κ3) is 2.52. The Morgan fingerprint density at radius 1 is 1.05 bits per heavy atom. The van der Waals surface area contributed by atoms with Gasteiger partial charge in [-0.05, 0) is 41.3 Å². The van der Waals surface area contributed by atoms with Crippen molar-refractivity contribution in [2.75, 3.05) is 0 Å². The molecule has 0 fully saturated rings. The van der Waals surface area contributed by atoms with E-state index < -0.39 is 0 Å². The lowest BCUT2D eigenvalue weighted by Crippen LogP contribution is -1.96. The Morgan fingerprint density at radius 2 is 1.84 bits per heavy atom. The summed E-state index contributed by atoms with van der Waals surface area (Å²) in [6.07, 6.45) is 2.47. The van der Waals surface area contributed by atoms with Gasteiger partial charge < -0.3 is 4.42 Å². The van der Waals surface area contributed by atoms with Crippen LogP contribution in [-0.2, 0) is 6.42 Å². The molecule has 0 saturated heterocycles. The Labute approximate surface area is 117 Å². The molecule has 0 aliphatic carbocycles. The SMILES string of the molecule is Cc1ccoc1C(Cl)Cc1ccc2ccccc2c1. The van der Waals surface area contributed by atoms with Crippen molar-refractivity contribution in [3.05, 3.63) is 71.7 Å². The zero-order valence-electron chi connectivity index (χ0n) is 10.8. The Bertz CT molecular complexity index is 699. The molecule has 2 aromatic carbocycles. The minimum atomic E-state index is -0.115. The molecular weight excluding hydrogens is 256 g/mol. The van der Waals surface area contributed by atoms with E-state index in [-0.39, 0.29) is 5.38 Å². The number of rotatable bonds is 3. The van der Waals surface area contributed by atoms with E-state index in [1.165, 1.54) is 16.3 Å². The Hall–Kier alpha value is -1.73. The Morgan fingerprint density at radius 3 is 2.58 bits per heavy atom.